The minimum Gasteiger partial charge on any atom is -0.360 e. The second-order valence-corrected chi connectivity index (χ2v) is 4.36. The van der Waals surface area contributed by atoms with Gasteiger partial charge in [-0.05, 0) is 24.6 Å². The first-order valence-electron chi connectivity index (χ1n) is 6.27. The van der Waals surface area contributed by atoms with Gasteiger partial charge in [0.25, 0.3) is 5.91 Å². The molecule has 0 aliphatic heterocycles. The van der Waals surface area contributed by atoms with E-state index in [1.54, 1.807) is 12.3 Å². The Morgan fingerprint density at radius 1 is 1.39 bits per heavy atom. The van der Waals surface area contributed by atoms with E-state index < -0.39 is 0 Å². The lowest BCUT2D eigenvalue weighted by Crippen LogP contribution is -2.24. The first-order valence-corrected chi connectivity index (χ1v) is 6.27. The summed E-state index contributed by atoms with van der Waals surface area (Å²) >= 11 is 0. The molecule has 18 heavy (non-hydrogen) atoms. The van der Waals surface area contributed by atoms with Crippen molar-refractivity contribution in [1.82, 2.24) is 10.3 Å². The molecule has 0 unspecified atom stereocenters. The maximum absolute atomic E-state index is 13.0. The van der Waals surface area contributed by atoms with E-state index in [2.05, 4.69) is 17.2 Å². The van der Waals surface area contributed by atoms with Gasteiger partial charge in [-0.25, -0.2) is 4.39 Å². The van der Waals surface area contributed by atoms with E-state index in [4.69, 9.17) is 0 Å². The van der Waals surface area contributed by atoms with Crippen molar-refractivity contribution in [3.63, 3.8) is 0 Å². The van der Waals surface area contributed by atoms with Gasteiger partial charge in [-0.1, -0.05) is 19.8 Å². The second-order valence-electron chi connectivity index (χ2n) is 4.36. The zero-order chi connectivity index (χ0) is 13.0. The summed E-state index contributed by atoms with van der Waals surface area (Å²) in [6, 6.07) is 4.38. The maximum atomic E-state index is 13.0. The summed E-state index contributed by atoms with van der Waals surface area (Å²) in [4.78, 5) is 14.9. The van der Waals surface area contributed by atoms with Crippen LogP contribution in [0.15, 0.2) is 24.4 Å². The highest BCUT2D eigenvalue weighted by Crippen LogP contribution is 2.19. The Hall–Kier alpha value is -1.84. The summed E-state index contributed by atoms with van der Waals surface area (Å²) < 4.78 is 13.0. The molecule has 1 amide bonds. The normalized spacial score (nSPS) is 10.8. The van der Waals surface area contributed by atoms with Crippen LogP contribution in [-0.2, 0) is 0 Å². The molecule has 0 saturated carbocycles. The van der Waals surface area contributed by atoms with E-state index in [1.165, 1.54) is 12.1 Å². The Morgan fingerprint density at radius 3 is 3.00 bits per heavy atom. The lowest BCUT2D eigenvalue weighted by Gasteiger charge is -2.03. The fourth-order valence-electron chi connectivity index (χ4n) is 1.96. The predicted molar refractivity (Wildman–Crippen MR) is 70.1 cm³/mol. The minimum absolute atomic E-state index is 0.107. The Labute approximate surface area is 105 Å². The molecule has 2 rings (SSSR count). The zero-order valence-corrected chi connectivity index (χ0v) is 10.4. The summed E-state index contributed by atoms with van der Waals surface area (Å²) in [7, 11) is 0. The number of aromatic amines is 1. The van der Waals surface area contributed by atoms with Crippen molar-refractivity contribution in [3.8, 4) is 0 Å². The van der Waals surface area contributed by atoms with Gasteiger partial charge in [-0.3, -0.25) is 4.79 Å². The maximum Gasteiger partial charge on any atom is 0.253 e. The minimum atomic E-state index is -0.306. The topological polar surface area (TPSA) is 44.9 Å². The van der Waals surface area contributed by atoms with Gasteiger partial charge in [0.05, 0.1) is 5.56 Å². The van der Waals surface area contributed by atoms with E-state index in [0.29, 0.717) is 17.6 Å². The SMILES string of the molecule is CCCCCNC(=O)c1c[nH]c2cc(F)ccc12. The van der Waals surface area contributed by atoms with Crippen LogP contribution in [0, 0.1) is 5.82 Å². The van der Waals surface area contributed by atoms with E-state index in [0.717, 1.165) is 24.6 Å². The van der Waals surface area contributed by atoms with Crippen molar-refractivity contribution in [2.24, 2.45) is 0 Å². The van der Waals surface area contributed by atoms with Crippen LogP contribution in [0.1, 0.15) is 36.5 Å². The molecule has 0 aliphatic rings. The number of carbonyl (C=O) groups is 1. The largest absolute Gasteiger partial charge is 0.360 e. The summed E-state index contributed by atoms with van der Waals surface area (Å²) in [5.41, 5.74) is 1.22. The number of fused-ring (bicyclic) bond motifs is 1. The molecule has 0 atom stereocenters. The van der Waals surface area contributed by atoms with Crippen LogP contribution in [0.25, 0.3) is 10.9 Å². The molecule has 0 saturated heterocycles. The highest BCUT2D eigenvalue weighted by Gasteiger charge is 2.11. The number of nitrogens with one attached hydrogen (secondary N) is 2. The molecule has 96 valence electrons. The number of hydrogen-bond acceptors (Lipinski definition) is 1. The molecule has 0 bridgehead atoms. The molecule has 1 aromatic carbocycles. The van der Waals surface area contributed by atoms with Crippen molar-refractivity contribution in [1.29, 1.82) is 0 Å². The number of benzene rings is 1. The van der Waals surface area contributed by atoms with E-state index in [1.807, 2.05) is 0 Å². The van der Waals surface area contributed by atoms with Crippen LogP contribution in [0.3, 0.4) is 0 Å². The molecule has 4 heteroatoms. The molecule has 0 spiro atoms. The van der Waals surface area contributed by atoms with Crippen molar-refractivity contribution in [2.75, 3.05) is 6.54 Å². The van der Waals surface area contributed by atoms with Gasteiger partial charge in [-0.15, -0.1) is 0 Å². The molecular weight excluding hydrogens is 231 g/mol. The monoisotopic (exact) mass is 248 g/mol. The van der Waals surface area contributed by atoms with Crippen LogP contribution in [-0.4, -0.2) is 17.4 Å². The number of aromatic nitrogens is 1. The number of hydrogen-bond donors (Lipinski definition) is 2. The van der Waals surface area contributed by atoms with Gasteiger partial charge < -0.3 is 10.3 Å². The molecule has 2 N–H and O–H groups in total. The van der Waals surface area contributed by atoms with Crippen molar-refractivity contribution in [3.05, 3.63) is 35.8 Å². The molecule has 0 aliphatic carbocycles. The molecule has 1 aromatic heterocycles. The summed E-state index contributed by atoms with van der Waals surface area (Å²) in [6.07, 6.45) is 4.85. The standard InChI is InChI=1S/C14H17FN2O/c1-2-3-4-7-16-14(18)12-9-17-13-8-10(15)5-6-11(12)13/h5-6,8-9,17H,2-4,7H2,1H3,(H,16,18). The zero-order valence-electron chi connectivity index (χ0n) is 10.4. The number of H-pyrrole nitrogens is 1. The van der Waals surface area contributed by atoms with Gasteiger partial charge >= 0.3 is 0 Å². The molecule has 1 heterocycles. The Bertz CT molecular complexity index is 548. The first kappa shape index (κ1) is 12.6. The lowest BCUT2D eigenvalue weighted by atomic mass is 10.1. The average Bonchev–Trinajstić information content (AvgIpc) is 2.77. The van der Waals surface area contributed by atoms with Gasteiger partial charge in [0.1, 0.15) is 5.82 Å². The summed E-state index contributed by atoms with van der Waals surface area (Å²) in [6.45, 7) is 2.80. The van der Waals surface area contributed by atoms with Crippen molar-refractivity contribution >= 4 is 16.8 Å². The third-order valence-corrected chi connectivity index (χ3v) is 2.95. The average molecular weight is 248 g/mol. The fourth-order valence-corrected chi connectivity index (χ4v) is 1.96. The van der Waals surface area contributed by atoms with Gasteiger partial charge in [0.2, 0.25) is 0 Å². The lowest BCUT2D eigenvalue weighted by molar-refractivity contribution is 0.0954. The number of unbranched alkanes of at least 4 members (excludes halogenated alkanes) is 2. The van der Waals surface area contributed by atoms with Gasteiger partial charge in [0, 0.05) is 23.6 Å². The fraction of sp³-hybridized carbons (Fsp3) is 0.357. The van der Waals surface area contributed by atoms with Crippen molar-refractivity contribution < 1.29 is 9.18 Å². The number of carbonyl (C=O) groups excluding carboxylic acids is 1. The Kier molecular flexibility index (Phi) is 3.97. The molecule has 3 nitrogen and oxygen atoms in total. The molecule has 0 fully saturated rings. The molecule has 0 radical (unpaired) electrons. The molecule has 2 aromatic rings. The van der Waals surface area contributed by atoms with E-state index in [9.17, 15) is 9.18 Å². The Morgan fingerprint density at radius 2 is 2.22 bits per heavy atom. The first-order chi connectivity index (χ1) is 8.72. The van der Waals surface area contributed by atoms with Crippen LogP contribution in [0.2, 0.25) is 0 Å². The number of halogens is 1. The van der Waals surface area contributed by atoms with E-state index in [-0.39, 0.29) is 11.7 Å². The third kappa shape index (κ3) is 2.70. The highest BCUT2D eigenvalue weighted by atomic mass is 19.1. The Balaban J connectivity index is 2.08. The smallest absolute Gasteiger partial charge is 0.253 e. The van der Waals surface area contributed by atoms with Crippen LogP contribution >= 0.6 is 0 Å². The van der Waals surface area contributed by atoms with Crippen LogP contribution in [0.5, 0.6) is 0 Å². The van der Waals surface area contributed by atoms with Crippen LogP contribution in [0.4, 0.5) is 4.39 Å². The second kappa shape index (κ2) is 5.67. The quantitative estimate of drug-likeness (QED) is 0.784. The molecular formula is C14H17FN2O. The van der Waals surface area contributed by atoms with Crippen molar-refractivity contribution in [2.45, 2.75) is 26.2 Å². The predicted octanol–water partition coefficient (Wildman–Crippen LogP) is 3.23. The number of amides is 1. The summed E-state index contributed by atoms with van der Waals surface area (Å²) in [5, 5.41) is 3.63. The van der Waals surface area contributed by atoms with Gasteiger partial charge in [-0.2, -0.15) is 0 Å². The highest BCUT2D eigenvalue weighted by molar-refractivity contribution is 6.06. The number of rotatable bonds is 5. The third-order valence-electron chi connectivity index (χ3n) is 2.95. The van der Waals surface area contributed by atoms with Crippen LogP contribution < -0.4 is 5.32 Å². The van der Waals surface area contributed by atoms with Gasteiger partial charge in [0.15, 0.2) is 0 Å². The van der Waals surface area contributed by atoms with E-state index >= 15 is 0 Å². The summed E-state index contributed by atoms with van der Waals surface area (Å²) in [5.74, 6) is -0.414.